The van der Waals surface area contributed by atoms with Crippen molar-refractivity contribution in [3.63, 3.8) is 0 Å². The molecule has 5 rings (SSSR count). The monoisotopic (exact) mass is 458 g/mol. The number of hydrogen-bond donors (Lipinski definition) is 2. The maximum Gasteiger partial charge on any atom is 0.284 e. The molecule has 11 heteroatoms. The fraction of sp³-hybridized carbons (Fsp3) is 0.545. The SMILES string of the molecule is C[C@H]1CC[C@@H](n2cc(NC(=O)c3cnn4ccc(N5CCNCC5)nc34)c(C(F)F)n2)CC1. The van der Waals surface area contributed by atoms with Crippen LogP contribution in [0.2, 0.25) is 0 Å². The van der Waals surface area contributed by atoms with Crippen molar-refractivity contribution in [2.45, 2.75) is 45.1 Å². The van der Waals surface area contributed by atoms with Crippen LogP contribution < -0.4 is 15.5 Å². The average Bonchev–Trinajstić information content (AvgIpc) is 3.44. The van der Waals surface area contributed by atoms with E-state index in [-0.39, 0.29) is 17.3 Å². The van der Waals surface area contributed by atoms with Gasteiger partial charge in [-0.1, -0.05) is 6.92 Å². The van der Waals surface area contributed by atoms with Gasteiger partial charge in [-0.3, -0.25) is 9.48 Å². The number of carbonyl (C=O) groups is 1. The van der Waals surface area contributed by atoms with Crippen LogP contribution in [0.1, 0.15) is 61.1 Å². The summed E-state index contributed by atoms with van der Waals surface area (Å²) in [6.45, 7) is 5.55. The van der Waals surface area contributed by atoms with Gasteiger partial charge in [0.2, 0.25) is 0 Å². The predicted molar refractivity (Wildman–Crippen MR) is 120 cm³/mol. The summed E-state index contributed by atoms with van der Waals surface area (Å²) in [5, 5.41) is 14.3. The number of halogens is 2. The number of amides is 1. The zero-order valence-electron chi connectivity index (χ0n) is 18.5. The van der Waals surface area contributed by atoms with Crippen LogP contribution >= 0.6 is 0 Å². The van der Waals surface area contributed by atoms with E-state index in [4.69, 9.17) is 0 Å². The number of piperazine rings is 1. The van der Waals surface area contributed by atoms with Gasteiger partial charge in [0.25, 0.3) is 12.3 Å². The first-order valence-electron chi connectivity index (χ1n) is 11.5. The van der Waals surface area contributed by atoms with Crippen LogP contribution in [-0.2, 0) is 0 Å². The highest BCUT2D eigenvalue weighted by molar-refractivity contribution is 6.08. The van der Waals surface area contributed by atoms with E-state index in [1.54, 1.807) is 10.9 Å². The van der Waals surface area contributed by atoms with Crippen molar-refractivity contribution < 1.29 is 13.6 Å². The lowest BCUT2D eigenvalue weighted by Crippen LogP contribution is -2.43. The van der Waals surface area contributed by atoms with Gasteiger partial charge >= 0.3 is 0 Å². The van der Waals surface area contributed by atoms with Crippen LogP contribution in [0.5, 0.6) is 0 Å². The molecule has 3 aromatic heterocycles. The molecule has 1 saturated carbocycles. The molecule has 176 valence electrons. The molecule has 0 aromatic carbocycles. The van der Waals surface area contributed by atoms with Crippen molar-refractivity contribution in [1.82, 2.24) is 29.7 Å². The Morgan fingerprint density at radius 2 is 1.97 bits per heavy atom. The van der Waals surface area contributed by atoms with Gasteiger partial charge in [-0.25, -0.2) is 18.3 Å². The highest BCUT2D eigenvalue weighted by atomic mass is 19.3. The quantitative estimate of drug-likeness (QED) is 0.610. The lowest BCUT2D eigenvalue weighted by Gasteiger charge is -2.28. The minimum absolute atomic E-state index is 0.0335. The van der Waals surface area contributed by atoms with E-state index < -0.39 is 18.0 Å². The number of aromatic nitrogens is 5. The Morgan fingerprint density at radius 1 is 1.21 bits per heavy atom. The summed E-state index contributed by atoms with van der Waals surface area (Å²) in [6, 6.07) is 1.93. The molecule has 0 atom stereocenters. The van der Waals surface area contributed by atoms with Crippen molar-refractivity contribution in [1.29, 1.82) is 0 Å². The number of carbonyl (C=O) groups excluding carboxylic acids is 1. The topological polar surface area (TPSA) is 92.4 Å². The summed E-state index contributed by atoms with van der Waals surface area (Å²) >= 11 is 0. The zero-order chi connectivity index (χ0) is 22.9. The van der Waals surface area contributed by atoms with Gasteiger partial charge in [0.15, 0.2) is 11.3 Å². The summed E-state index contributed by atoms with van der Waals surface area (Å²) in [5.41, 5.74) is 0.237. The zero-order valence-corrected chi connectivity index (χ0v) is 18.5. The van der Waals surface area contributed by atoms with Crippen LogP contribution in [0.3, 0.4) is 0 Å². The Kier molecular flexibility index (Phi) is 5.96. The first-order valence-corrected chi connectivity index (χ1v) is 11.5. The van der Waals surface area contributed by atoms with E-state index in [9.17, 15) is 13.6 Å². The molecule has 0 spiro atoms. The fourth-order valence-electron chi connectivity index (χ4n) is 4.64. The average molecular weight is 459 g/mol. The lowest BCUT2D eigenvalue weighted by molar-refractivity contribution is 0.102. The van der Waals surface area contributed by atoms with E-state index in [0.29, 0.717) is 11.6 Å². The van der Waals surface area contributed by atoms with Gasteiger partial charge in [-0.2, -0.15) is 10.2 Å². The second-order valence-corrected chi connectivity index (χ2v) is 8.93. The summed E-state index contributed by atoms with van der Waals surface area (Å²) in [5.74, 6) is 0.861. The third-order valence-corrected chi connectivity index (χ3v) is 6.61. The Bertz CT molecular complexity index is 1130. The van der Waals surface area contributed by atoms with E-state index >= 15 is 0 Å². The number of anilines is 2. The van der Waals surface area contributed by atoms with Crippen molar-refractivity contribution in [2.75, 3.05) is 36.4 Å². The highest BCUT2D eigenvalue weighted by Crippen LogP contribution is 2.34. The first-order chi connectivity index (χ1) is 16.0. The Labute approximate surface area is 190 Å². The molecule has 1 aliphatic heterocycles. The molecule has 3 aromatic rings. The molecule has 0 radical (unpaired) electrons. The van der Waals surface area contributed by atoms with Gasteiger partial charge in [-0.15, -0.1) is 0 Å². The molecule has 33 heavy (non-hydrogen) atoms. The van der Waals surface area contributed by atoms with Gasteiger partial charge in [0, 0.05) is 38.6 Å². The van der Waals surface area contributed by atoms with Crippen LogP contribution in [0, 0.1) is 5.92 Å². The molecular weight excluding hydrogens is 430 g/mol. The molecule has 1 saturated heterocycles. The predicted octanol–water partition coefficient (Wildman–Crippen LogP) is 3.28. The third-order valence-electron chi connectivity index (χ3n) is 6.61. The number of nitrogens with one attached hydrogen (secondary N) is 2. The summed E-state index contributed by atoms with van der Waals surface area (Å²) in [6.07, 6.45) is 5.78. The summed E-state index contributed by atoms with van der Waals surface area (Å²) < 4.78 is 30.5. The van der Waals surface area contributed by atoms with E-state index in [2.05, 4.69) is 37.6 Å². The van der Waals surface area contributed by atoms with Gasteiger partial charge in [0.1, 0.15) is 11.4 Å². The smallest absolute Gasteiger partial charge is 0.284 e. The molecule has 0 unspecified atom stereocenters. The van der Waals surface area contributed by atoms with Crippen LogP contribution in [0.25, 0.3) is 5.65 Å². The molecule has 2 aliphatic rings. The molecule has 0 bridgehead atoms. The molecule has 2 N–H and O–H groups in total. The summed E-state index contributed by atoms with van der Waals surface area (Å²) in [7, 11) is 0. The lowest BCUT2D eigenvalue weighted by atomic mass is 9.87. The van der Waals surface area contributed by atoms with E-state index in [1.165, 1.54) is 16.9 Å². The summed E-state index contributed by atoms with van der Waals surface area (Å²) in [4.78, 5) is 19.8. The maximum atomic E-state index is 13.7. The van der Waals surface area contributed by atoms with Crippen molar-refractivity contribution in [2.24, 2.45) is 5.92 Å². The fourth-order valence-corrected chi connectivity index (χ4v) is 4.64. The number of alkyl halides is 2. The number of fused-ring (bicyclic) bond motifs is 1. The van der Waals surface area contributed by atoms with Gasteiger partial charge in [-0.05, 0) is 37.7 Å². The van der Waals surface area contributed by atoms with Crippen molar-refractivity contribution in [3.05, 3.63) is 35.9 Å². The van der Waals surface area contributed by atoms with Crippen LogP contribution in [0.4, 0.5) is 20.3 Å². The normalized spacial score (nSPS) is 21.6. The van der Waals surface area contributed by atoms with Crippen LogP contribution in [-0.4, -0.2) is 56.5 Å². The second kappa shape index (κ2) is 9.05. The third kappa shape index (κ3) is 4.41. The molecule has 1 amide bonds. The minimum atomic E-state index is -2.79. The van der Waals surface area contributed by atoms with Gasteiger partial charge in [0.05, 0.1) is 17.9 Å². The highest BCUT2D eigenvalue weighted by Gasteiger charge is 2.26. The Hall–Kier alpha value is -3.08. The van der Waals surface area contributed by atoms with E-state index in [0.717, 1.165) is 57.7 Å². The largest absolute Gasteiger partial charge is 0.354 e. The first kappa shape index (κ1) is 21.7. The standard InChI is InChI=1S/C22H28F2N8O/c1-14-2-4-15(5-3-14)32-13-17(19(29-32)20(23)24)27-22(33)16-12-26-31-9-6-18(28-21(16)31)30-10-7-25-8-11-30/h6,9,12-15,20,25H,2-5,7-8,10-11H2,1H3,(H,27,33)/t14-,15+. The molecule has 2 fully saturated rings. The number of rotatable bonds is 5. The van der Waals surface area contributed by atoms with Crippen LogP contribution in [0.15, 0.2) is 24.7 Å². The number of hydrogen-bond acceptors (Lipinski definition) is 6. The number of nitrogens with zero attached hydrogens (tertiary/aromatic N) is 6. The Morgan fingerprint density at radius 3 is 2.70 bits per heavy atom. The molecule has 1 aliphatic carbocycles. The second-order valence-electron chi connectivity index (χ2n) is 8.93. The Balaban J connectivity index is 1.40. The van der Waals surface area contributed by atoms with Gasteiger partial charge < -0.3 is 15.5 Å². The van der Waals surface area contributed by atoms with E-state index in [1.807, 2.05) is 6.07 Å². The minimum Gasteiger partial charge on any atom is -0.354 e. The van der Waals surface area contributed by atoms with Crippen molar-refractivity contribution in [3.8, 4) is 0 Å². The maximum absolute atomic E-state index is 13.7. The molecular formula is C22H28F2N8O. The molecule has 9 nitrogen and oxygen atoms in total. The molecule has 4 heterocycles. The van der Waals surface area contributed by atoms with Crippen molar-refractivity contribution >= 4 is 23.1 Å².